The first-order valence-electron chi connectivity index (χ1n) is 5.63. The lowest BCUT2D eigenvalue weighted by Crippen LogP contribution is -2.10. The molecule has 3 aromatic rings. The van der Waals surface area contributed by atoms with Gasteiger partial charge >= 0.3 is 0 Å². The summed E-state index contributed by atoms with van der Waals surface area (Å²) in [6, 6.07) is 10.8. The zero-order chi connectivity index (χ0) is 13.2. The number of hydrogen-bond donors (Lipinski definition) is 1. The summed E-state index contributed by atoms with van der Waals surface area (Å²) < 4.78 is 6.45. The Balaban J connectivity index is 1.89. The zero-order valence-electron chi connectivity index (χ0n) is 9.76. The molecule has 2 aromatic heterocycles. The minimum absolute atomic E-state index is 0.279. The number of furan rings is 1. The number of benzene rings is 1. The highest BCUT2D eigenvalue weighted by atomic mass is 79.9. The van der Waals surface area contributed by atoms with Crippen molar-refractivity contribution in [1.82, 2.24) is 4.98 Å². The number of nitrogens with one attached hydrogen (secondary N) is 1. The van der Waals surface area contributed by atoms with Crippen molar-refractivity contribution >= 4 is 38.5 Å². The number of halogens is 1. The van der Waals surface area contributed by atoms with Crippen LogP contribution in [0, 0.1) is 0 Å². The second kappa shape index (κ2) is 4.85. The van der Waals surface area contributed by atoms with Crippen LogP contribution in [0.2, 0.25) is 0 Å². The number of rotatable bonds is 2. The minimum Gasteiger partial charge on any atom is -0.451 e. The molecule has 0 aliphatic rings. The molecule has 4 nitrogen and oxygen atoms in total. The van der Waals surface area contributed by atoms with E-state index in [1.54, 1.807) is 30.6 Å². The maximum Gasteiger partial charge on any atom is 0.291 e. The number of amides is 1. The molecule has 94 valence electrons. The predicted molar refractivity (Wildman–Crippen MR) is 76.1 cm³/mol. The molecule has 0 saturated carbocycles. The number of anilines is 1. The van der Waals surface area contributed by atoms with Gasteiger partial charge in [0, 0.05) is 27.9 Å². The largest absolute Gasteiger partial charge is 0.451 e. The number of carbonyl (C=O) groups excluding carboxylic acids is 1. The summed E-state index contributed by atoms with van der Waals surface area (Å²) in [5.74, 6) is 0.00318. The minimum atomic E-state index is -0.279. The number of fused-ring (bicyclic) bond motifs is 1. The maximum atomic E-state index is 12.0. The van der Waals surface area contributed by atoms with Crippen molar-refractivity contribution in [1.29, 1.82) is 0 Å². The van der Waals surface area contributed by atoms with Gasteiger partial charge < -0.3 is 9.73 Å². The number of carbonyl (C=O) groups is 1. The van der Waals surface area contributed by atoms with Crippen LogP contribution in [0.5, 0.6) is 0 Å². The van der Waals surface area contributed by atoms with E-state index >= 15 is 0 Å². The summed E-state index contributed by atoms with van der Waals surface area (Å²) in [6.45, 7) is 0. The molecule has 2 heterocycles. The van der Waals surface area contributed by atoms with Gasteiger partial charge in [-0.15, -0.1) is 0 Å². The molecule has 0 atom stereocenters. The fraction of sp³-hybridized carbons (Fsp3) is 0. The van der Waals surface area contributed by atoms with Crippen molar-refractivity contribution in [2.24, 2.45) is 0 Å². The van der Waals surface area contributed by atoms with Crippen molar-refractivity contribution in [2.75, 3.05) is 5.32 Å². The van der Waals surface area contributed by atoms with Gasteiger partial charge in [0.25, 0.3) is 5.91 Å². The molecular formula is C14H9BrN2O2. The monoisotopic (exact) mass is 316 g/mol. The van der Waals surface area contributed by atoms with Gasteiger partial charge in [-0.05, 0) is 36.4 Å². The van der Waals surface area contributed by atoms with Crippen LogP contribution in [-0.2, 0) is 0 Å². The second-order valence-corrected chi connectivity index (χ2v) is 4.90. The van der Waals surface area contributed by atoms with Crippen LogP contribution >= 0.6 is 15.9 Å². The fourth-order valence-corrected chi connectivity index (χ4v) is 2.13. The SMILES string of the molecule is O=C(Nc1ccncc1)c1cc2cc(Br)ccc2o1. The molecule has 3 rings (SSSR count). The van der Waals surface area contributed by atoms with Crippen LogP contribution < -0.4 is 5.32 Å². The molecule has 0 bridgehead atoms. The van der Waals surface area contributed by atoms with Gasteiger partial charge in [0.2, 0.25) is 0 Å². The van der Waals surface area contributed by atoms with E-state index in [1.807, 2.05) is 18.2 Å². The van der Waals surface area contributed by atoms with Gasteiger partial charge in [-0.1, -0.05) is 15.9 Å². The van der Waals surface area contributed by atoms with E-state index in [2.05, 4.69) is 26.2 Å². The van der Waals surface area contributed by atoms with Crippen LogP contribution in [0.3, 0.4) is 0 Å². The highest BCUT2D eigenvalue weighted by Gasteiger charge is 2.12. The molecule has 0 aliphatic carbocycles. The van der Waals surface area contributed by atoms with E-state index in [9.17, 15) is 4.79 Å². The number of hydrogen-bond acceptors (Lipinski definition) is 3. The first kappa shape index (κ1) is 11.9. The summed E-state index contributed by atoms with van der Waals surface area (Å²) in [4.78, 5) is 15.9. The third-order valence-corrected chi connectivity index (χ3v) is 3.13. The van der Waals surface area contributed by atoms with E-state index in [1.165, 1.54) is 0 Å². The highest BCUT2D eigenvalue weighted by Crippen LogP contribution is 2.23. The van der Waals surface area contributed by atoms with Gasteiger partial charge in [0.1, 0.15) is 5.58 Å². The molecule has 5 heteroatoms. The third-order valence-electron chi connectivity index (χ3n) is 2.64. The fourth-order valence-electron chi connectivity index (χ4n) is 1.75. The summed E-state index contributed by atoms with van der Waals surface area (Å²) in [5, 5.41) is 3.63. The Morgan fingerprint density at radius 1 is 1.16 bits per heavy atom. The van der Waals surface area contributed by atoms with Crippen molar-refractivity contribution in [3.05, 3.63) is 59.0 Å². The number of nitrogens with zero attached hydrogens (tertiary/aromatic N) is 1. The quantitative estimate of drug-likeness (QED) is 0.781. The van der Waals surface area contributed by atoms with Crippen molar-refractivity contribution in [2.45, 2.75) is 0 Å². The van der Waals surface area contributed by atoms with Gasteiger partial charge in [0.15, 0.2) is 5.76 Å². The van der Waals surface area contributed by atoms with E-state index in [0.717, 1.165) is 9.86 Å². The first-order chi connectivity index (χ1) is 9.22. The summed E-state index contributed by atoms with van der Waals surface area (Å²) in [5.41, 5.74) is 1.37. The molecule has 0 fully saturated rings. The Kier molecular flexibility index (Phi) is 3.05. The normalized spacial score (nSPS) is 10.6. The van der Waals surface area contributed by atoms with Crippen molar-refractivity contribution in [3.8, 4) is 0 Å². The van der Waals surface area contributed by atoms with Crippen LogP contribution in [-0.4, -0.2) is 10.9 Å². The smallest absolute Gasteiger partial charge is 0.291 e. The summed E-state index contributed by atoms with van der Waals surface area (Å²) in [6.07, 6.45) is 3.23. The maximum absolute atomic E-state index is 12.0. The van der Waals surface area contributed by atoms with Crippen LogP contribution in [0.1, 0.15) is 10.6 Å². The van der Waals surface area contributed by atoms with E-state index < -0.39 is 0 Å². The van der Waals surface area contributed by atoms with Crippen LogP contribution in [0.25, 0.3) is 11.0 Å². The molecular weight excluding hydrogens is 308 g/mol. The number of aromatic nitrogens is 1. The molecule has 1 amide bonds. The summed E-state index contributed by atoms with van der Waals surface area (Å²) in [7, 11) is 0. The van der Waals surface area contributed by atoms with E-state index in [0.29, 0.717) is 11.3 Å². The Morgan fingerprint density at radius 3 is 2.74 bits per heavy atom. The molecule has 1 aromatic carbocycles. The molecule has 1 N–H and O–H groups in total. The van der Waals surface area contributed by atoms with E-state index in [4.69, 9.17) is 4.42 Å². The molecule has 0 aliphatic heterocycles. The zero-order valence-corrected chi connectivity index (χ0v) is 11.3. The second-order valence-electron chi connectivity index (χ2n) is 3.98. The molecule has 0 radical (unpaired) electrons. The van der Waals surface area contributed by atoms with E-state index in [-0.39, 0.29) is 11.7 Å². The summed E-state index contributed by atoms with van der Waals surface area (Å²) >= 11 is 3.38. The average Bonchev–Trinajstić information content (AvgIpc) is 2.83. The first-order valence-corrected chi connectivity index (χ1v) is 6.42. The standard InChI is InChI=1S/C14H9BrN2O2/c15-10-1-2-12-9(7-10)8-13(19-12)14(18)17-11-3-5-16-6-4-11/h1-8H,(H,16,17,18). The molecule has 19 heavy (non-hydrogen) atoms. The Bertz CT molecular complexity index is 738. The van der Waals surface area contributed by atoms with Crippen molar-refractivity contribution in [3.63, 3.8) is 0 Å². The highest BCUT2D eigenvalue weighted by molar-refractivity contribution is 9.10. The van der Waals surface area contributed by atoms with Gasteiger partial charge in [-0.25, -0.2) is 0 Å². The Labute approximate surface area is 117 Å². The Hall–Kier alpha value is -2.14. The average molecular weight is 317 g/mol. The number of pyridine rings is 1. The molecule has 0 unspecified atom stereocenters. The van der Waals surface area contributed by atoms with Gasteiger partial charge in [-0.2, -0.15) is 0 Å². The van der Waals surface area contributed by atoms with Gasteiger partial charge in [0.05, 0.1) is 0 Å². The van der Waals surface area contributed by atoms with Crippen LogP contribution in [0.4, 0.5) is 5.69 Å². The topological polar surface area (TPSA) is 55.1 Å². The van der Waals surface area contributed by atoms with Crippen molar-refractivity contribution < 1.29 is 9.21 Å². The lowest BCUT2D eigenvalue weighted by atomic mass is 10.2. The lowest BCUT2D eigenvalue weighted by molar-refractivity contribution is 0.0998. The van der Waals surface area contributed by atoms with Gasteiger partial charge in [-0.3, -0.25) is 9.78 Å². The molecule has 0 saturated heterocycles. The molecule has 0 spiro atoms. The Morgan fingerprint density at radius 2 is 1.95 bits per heavy atom. The van der Waals surface area contributed by atoms with Crippen LogP contribution in [0.15, 0.2) is 57.7 Å². The predicted octanol–water partition coefficient (Wildman–Crippen LogP) is 3.84. The third kappa shape index (κ3) is 2.51. The lowest BCUT2D eigenvalue weighted by Gasteiger charge is -2.01.